The quantitative estimate of drug-likeness (QED) is 0.0282. The minimum absolute atomic E-state index is 0.0502. The third kappa shape index (κ3) is 41.9. The molecule has 0 aliphatic carbocycles. The third-order valence-electron chi connectivity index (χ3n) is 10.6. The molecule has 1 N–H and O–H groups in total. The number of hydrogen-bond acceptors (Lipinski definition) is 6. The molecule has 8 nitrogen and oxygen atoms in total. The molecule has 350 valence electrons. The predicted molar refractivity (Wildman–Crippen MR) is 257 cm³/mol. The van der Waals surface area contributed by atoms with Gasteiger partial charge in [-0.05, 0) is 83.5 Å². The van der Waals surface area contributed by atoms with E-state index in [0.717, 1.165) is 96.3 Å². The lowest BCUT2D eigenvalue weighted by molar-refractivity contribution is -0.887. The molecule has 0 aromatic rings. The number of unbranched alkanes of at least 4 members (excludes halogenated alkanes) is 17. The Labute approximate surface area is 374 Å². The Kier molecular flexibility index (Phi) is 41.1. The molecule has 61 heavy (non-hydrogen) atoms. The van der Waals surface area contributed by atoms with Crippen molar-refractivity contribution < 1.29 is 38.2 Å². The second-order valence-electron chi connectivity index (χ2n) is 17.3. The Morgan fingerprint density at radius 1 is 0.508 bits per heavy atom. The van der Waals surface area contributed by atoms with Crippen molar-refractivity contribution >= 4 is 17.9 Å². The first-order valence-electron chi connectivity index (χ1n) is 24.5. The normalized spacial score (nSPS) is 13.5. The van der Waals surface area contributed by atoms with Gasteiger partial charge in [-0.25, -0.2) is 4.79 Å². The van der Waals surface area contributed by atoms with Gasteiger partial charge in [-0.3, -0.25) is 9.59 Å². The summed E-state index contributed by atoms with van der Waals surface area (Å²) in [5.41, 5.74) is 0. The third-order valence-corrected chi connectivity index (χ3v) is 10.6. The molecule has 0 rings (SSSR count). The minimum atomic E-state index is -0.880. The zero-order valence-electron chi connectivity index (χ0n) is 39.8. The maximum atomic E-state index is 12.8. The first-order valence-corrected chi connectivity index (χ1v) is 24.5. The van der Waals surface area contributed by atoms with Gasteiger partial charge in [-0.2, -0.15) is 0 Å². The van der Waals surface area contributed by atoms with Crippen molar-refractivity contribution in [1.29, 1.82) is 0 Å². The zero-order valence-corrected chi connectivity index (χ0v) is 39.8. The number of likely N-dealkylation sites (N-methyl/N-ethyl adjacent to an activating group) is 1. The summed E-state index contributed by atoms with van der Waals surface area (Å²) in [5, 5.41) is 9.64. The summed E-state index contributed by atoms with van der Waals surface area (Å²) in [4.78, 5) is 37.1. The number of carbonyl (C=O) groups excluding carboxylic acids is 2. The lowest BCUT2D eigenvalue weighted by atomic mass is 10.1. The molecule has 0 bridgehead atoms. The number of esters is 2. The fourth-order valence-electron chi connectivity index (χ4n) is 6.82. The number of ether oxygens (including phenoxy) is 3. The summed E-state index contributed by atoms with van der Waals surface area (Å²) in [6.45, 7) is 4.58. The Hall–Kier alpha value is -3.23. The average molecular weight is 855 g/mol. The van der Waals surface area contributed by atoms with E-state index < -0.39 is 18.1 Å². The summed E-state index contributed by atoms with van der Waals surface area (Å²) in [7, 11) is 5.52. The van der Waals surface area contributed by atoms with Crippen LogP contribution in [0.2, 0.25) is 0 Å². The molecule has 0 fully saturated rings. The first kappa shape index (κ1) is 57.8. The first-order chi connectivity index (χ1) is 29.6. The topological polar surface area (TPSA) is 99.1 Å². The van der Waals surface area contributed by atoms with Gasteiger partial charge in [-0.15, -0.1) is 0 Å². The highest BCUT2D eigenvalue weighted by Crippen LogP contribution is 2.14. The molecule has 2 unspecified atom stereocenters. The van der Waals surface area contributed by atoms with Gasteiger partial charge >= 0.3 is 17.9 Å². The molecule has 0 saturated carbocycles. The second kappa shape index (κ2) is 43.4. The van der Waals surface area contributed by atoms with Crippen molar-refractivity contribution in [2.45, 2.75) is 206 Å². The largest absolute Gasteiger partial charge is 0.477 e. The Morgan fingerprint density at radius 2 is 0.918 bits per heavy atom. The SMILES string of the molecule is CC/C=C\C/C=C\C/C=C\C/C=C\CCCCCCCCCCC(=O)OC(COCCC(C(=O)O)[N+](C)(C)C)COC(=O)CCCCCCC/C=C\C/C=C\CCCCCC. The maximum Gasteiger partial charge on any atom is 0.362 e. The zero-order chi connectivity index (χ0) is 44.9. The lowest BCUT2D eigenvalue weighted by Gasteiger charge is -2.31. The number of carboxylic acid groups (broad SMARTS) is 1. The van der Waals surface area contributed by atoms with Gasteiger partial charge in [-0.1, -0.05) is 164 Å². The molecule has 0 aromatic carbocycles. The van der Waals surface area contributed by atoms with Crippen molar-refractivity contribution in [3.63, 3.8) is 0 Å². The number of hydrogen-bond donors (Lipinski definition) is 1. The van der Waals surface area contributed by atoms with Crippen molar-refractivity contribution in [2.75, 3.05) is 41.0 Å². The number of rotatable bonds is 43. The maximum absolute atomic E-state index is 12.8. The summed E-state index contributed by atoms with van der Waals surface area (Å²) in [6, 6.07) is -0.622. The van der Waals surface area contributed by atoms with Crippen LogP contribution >= 0.6 is 0 Å². The fraction of sp³-hybridized carbons (Fsp3) is 0.717. The van der Waals surface area contributed by atoms with Gasteiger partial charge < -0.3 is 23.8 Å². The summed E-state index contributed by atoms with van der Waals surface area (Å²) >= 11 is 0. The van der Waals surface area contributed by atoms with Gasteiger partial charge in [0, 0.05) is 19.3 Å². The highest BCUT2D eigenvalue weighted by atomic mass is 16.6. The molecule has 0 saturated heterocycles. The standard InChI is InChI=1S/C53H91NO7/c1-6-8-10-12-14-16-18-20-22-24-25-26-27-28-30-32-34-36-38-40-42-44-52(56)61-49(47-59-46-45-50(53(57)58)54(3,4)5)48-60-51(55)43-41-39-37-35-33-31-29-23-21-19-17-15-13-11-9-7-2/h8,10,14,16-17,19-20,22-23,25-26,29,49-50H,6-7,9,11-13,15,18,21,24,27-28,30-48H2,1-5H3/p+1/b10-8-,16-14-,19-17-,22-20-,26-25-,29-23-. The number of carboxylic acids is 1. The van der Waals surface area contributed by atoms with Crippen molar-refractivity contribution in [2.24, 2.45) is 0 Å². The number of allylic oxidation sites excluding steroid dienone is 12. The highest BCUT2D eigenvalue weighted by Gasteiger charge is 2.31. The van der Waals surface area contributed by atoms with Crippen LogP contribution in [0.25, 0.3) is 0 Å². The Bertz CT molecular complexity index is 1230. The Morgan fingerprint density at radius 3 is 1.36 bits per heavy atom. The van der Waals surface area contributed by atoms with E-state index in [4.69, 9.17) is 14.2 Å². The summed E-state index contributed by atoms with van der Waals surface area (Å²) in [6.07, 6.45) is 55.1. The minimum Gasteiger partial charge on any atom is -0.477 e. The predicted octanol–water partition coefficient (Wildman–Crippen LogP) is 13.9. The van der Waals surface area contributed by atoms with E-state index in [1.54, 1.807) is 0 Å². The highest BCUT2D eigenvalue weighted by molar-refractivity contribution is 5.72. The molecule has 0 heterocycles. The lowest BCUT2D eigenvalue weighted by Crippen LogP contribution is -2.50. The van der Waals surface area contributed by atoms with Crippen LogP contribution in [0, 0.1) is 0 Å². The smallest absolute Gasteiger partial charge is 0.362 e. The second-order valence-corrected chi connectivity index (χ2v) is 17.3. The molecule has 0 aliphatic heterocycles. The van der Waals surface area contributed by atoms with Crippen molar-refractivity contribution in [1.82, 2.24) is 0 Å². The van der Waals surface area contributed by atoms with Crippen LogP contribution in [-0.4, -0.2) is 80.6 Å². The van der Waals surface area contributed by atoms with Crippen molar-refractivity contribution in [3.05, 3.63) is 72.9 Å². The van der Waals surface area contributed by atoms with E-state index in [9.17, 15) is 19.5 Å². The van der Waals surface area contributed by atoms with Crippen LogP contribution in [0.3, 0.4) is 0 Å². The number of nitrogens with zero attached hydrogens (tertiary/aromatic N) is 1. The average Bonchev–Trinajstić information content (AvgIpc) is 3.22. The molecule has 0 amide bonds. The van der Waals surface area contributed by atoms with Gasteiger partial charge in [0.05, 0.1) is 34.4 Å². The monoisotopic (exact) mass is 855 g/mol. The van der Waals surface area contributed by atoms with E-state index in [2.05, 4.69) is 86.8 Å². The van der Waals surface area contributed by atoms with E-state index in [1.807, 2.05) is 21.1 Å². The van der Waals surface area contributed by atoms with Gasteiger partial charge in [0.25, 0.3) is 0 Å². The van der Waals surface area contributed by atoms with Crippen LogP contribution in [-0.2, 0) is 28.6 Å². The number of aliphatic carboxylic acids is 1. The van der Waals surface area contributed by atoms with E-state index >= 15 is 0 Å². The molecular formula is C53H92NO7+. The van der Waals surface area contributed by atoms with E-state index in [1.165, 1.54) is 64.2 Å². The molecule has 0 aromatic heterocycles. The number of quaternary nitrogens is 1. The summed E-state index contributed by atoms with van der Waals surface area (Å²) in [5.74, 6) is -1.50. The van der Waals surface area contributed by atoms with Crippen molar-refractivity contribution in [3.8, 4) is 0 Å². The van der Waals surface area contributed by atoms with Crippen LogP contribution < -0.4 is 0 Å². The van der Waals surface area contributed by atoms with Gasteiger partial charge in [0.2, 0.25) is 0 Å². The molecule has 0 radical (unpaired) electrons. The molecular weight excluding hydrogens is 763 g/mol. The Balaban J connectivity index is 4.32. The molecule has 0 aliphatic rings. The van der Waals surface area contributed by atoms with E-state index in [-0.39, 0.29) is 36.2 Å². The van der Waals surface area contributed by atoms with Crippen LogP contribution in [0.5, 0.6) is 0 Å². The molecule has 8 heteroatoms. The van der Waals surface area contributed by atoms with Crippen LogP contribution in [0.1, 0.15) is 194 Å². The van der Waals surface area contributed by atoms with Gasteiger partial charge in [0.1, 0.15) is 6.61 Å². The number of carbonyl (C=O) groups is 3. The summed E-state index contributed by atoms with van der Waals surface area (Å²) < 4.78 is 17.3. The van der Waals surface area contributed by atoms with E-state index in [0.29, 0.717) is 19.3 Å². The fourth-order valence-corrected chi connectivity index (χ4v) is 6.82. The van der Waals surface area contributed by atoms with Crippen LogP contribution in [0.4, 0.5) is 0 Å². The van der Waals surface area contributed by atoms with Gasteiger partial charge in [0.15, 0.2) is 12.1 Å². The molecule has 0 spiro atoms. The van der Waals surface area contributed by atoms with Crippen LogP contribution in [0.15, 0.2) is 72.9 Å². The molecule has 2 atom stereocenters.